The number of rotatable bonds is 5. The Balaban J connectivity index is 1.81. The van der Waals surface area contributed by atoms with Crippen molar-refractivity contribution in [3.05, 3.63) is 71.7 Å². The second-order valence-electron chi connectivity index (χ2n) is 5.69. The molecule has 0 aliphatic rings. The van der Waals surface area contributed by atoms with Crippen LogP contribution in [0.25, 0.3) is 0 Å². The highest BCUT2D eigenvalue weighted by molar-refractivity contribution is 6.03. The summed E-state index contributed by atoms with van der Waals surface area (Å²) in [5.41, 5.74) is 2.06. The molecule has 0 bridgehead atoms. The monoisotopic (exact) mass is 359 g/mol. The fourth-order valence-electron chi connectivity index (χ4n) is 2.46. The standard InChI is InChI=1S/C20H17N5O2/c1-13-22-18(20(26)25-16-7-4-8-17(10-16)27-2)11-19(23-13)24-15-6-3-5-14(9-15)12-21/h3-11H,1-2H3,(H,25,26)(H,22,23,24). The maximum absolute atomic E-state index is 12.6. The number of aryl methyl sites for hydroxylation is 1. The summed E-state index contributed by atoms with van der Waals surface area (Å²) in [5.74, 6) is 1.20. The van der Waals surface area contributed by atoms with Gasteiger partial charge in [0.1, 0.15) is 23.1 Å². The van der Waals surface area contributed by atoms with Crippen LogP contribution in [0.1, 0.15) is 21.9 Å². The quantitative estimate of drug-likeness (QED) is 0.721. The van der Waals surface area contributed by atoms with Gasteiger partial charge in [-0.1, -0.05) is 12.1 Å². The van der Waals surface area contributed by atoms with E-state index in [-0.39, 0.29) is 11.6 Å². The Morgan fingerprint density at radius 1 is 1.07 bits per heavy atom. The first kappa shape index (κ1) is 17.9. The first-order valence-electron chi connectivity index (χ1n) is 8.15. The Bertz CT molecular complexity index is 1030. The van der Waals surface area contributed by atoms with Crippen LogP contribution in [-0.2, 0) is 0 Å². The average Bonchev–Trinajstić information content (AvgIpc) is 2.67. The first-order valence-corrected chi connectivity index (χ1v) is 8.15. The van der Waals surface area contributed by atoms with Crippen molar-refractivity contribution < 1.29 is 9.53 Å². The van der Waals surface area contributed by atoms with Crippen molar-refractivity contribution in [1.29, 1.82) is 5.26 Å². The second kappa shape index (κ2) is 7.97. The van der Waals surface area contributed by atoms with Crippen molar-refractivity contribution in [1.82, 2.24) is 9.97 Å². The van der Waals surface area contributed by atoms with Gasteiger partial charge in [-0.25, -0.2) is 9.97 Å². The van der Waals surface area contributed by atoms with Gasteiger partial charge in [0.25, 0.3) is 5.91 Å². The van der Waals surface area contributed by atoms with Gasteiger partial charge in [0.15, 0.2) is 0 Å². The molecule has 1 heterocycles. The summed E-state index contributed by atoms with van der Waals surface area (Å²) < 4.78 is 5.16. The lowest BCUT2D eigenvalue weighted by Crippen LogP contribution is -2.15. The highest BCUT2D eigenvalue weighted by Gasteiger charge is 2.12. The van der Waals surface area contributed by atoms with Gasteiger partial charge in [-0.05, 0) is 37.3 Å². The van der Waals surface area contributed by atoms with Gasteiger partial charge in [0.05, 0.1) is 18.7 Å². The van der Waals surface area contributed by atoms with Crippen LogP contribution in [0.15, 0.2) is 54.6 Å². The van der Waals surface area contributed by atoms with Gasteiger partial charge in [0, 0.05) is 23.5 Å². The minimum atomic E-state index is -0.359. The smallest absolute Gasteiger partial charge is 0.274 e. The molecule has 0 atom stereocenters. The van der Waals surface area contributed by atoms with Gasteiger partial charge >= 0.3 is 0 Å². The summed E-state index contributed by atoms with van der Waals surface area (Å²) in [4.78, 5) is 21.1. The lowest BCUT2D eigenvalue weighted by atomic mass is 10.2. The highest BCUT2D eigenvalue weighted by Crippen LogP contribution is 2.19. The van der Waals surface area contributed by atoms with Crippen molar-refractivity contribution in [3.8, 4) is 11.8 Å². The first-order chi connectivity index (χ1) is 13.1. The van der Waals surface area contributed by atoms with Crippen LogP contribution in [0.2, 0.25) is 0 Å². The lowest BCUT2D eigenvalue weighted by Gasteiger charge is -2.10. The molecule has 1 aromatic heterocycles. The summed E-state index contributed by atoms with van der Waals surface area (Å²) in [7, 11) is 1.56. The van der Waals surface area contributed by atoms with Crippen LogP contribution in [0, 0.1) is 18.3 Å². The fourth-order valence-corrected chi connectivity index (χ4v) is 2.46. The molecule has 0 aliphatic carbocycles. The maximum atomic E-state index is 12.6. The van der Waals surface area contributed by atoms with E-state index in [1.807, 2.05) is 6.07 Å². The number of nitrogens with zero attached hydrogens (tertiary/aromatic N) is 3. The minimum Gasteiger partial charge on any atom is -0.497 e. The number of aromatic nitrogens is 2. The summed E-state index contributed by atoms with van der Waals surface area (Å²) in [5, 5.41) is 14.9. The molecule has 0 unspecified atom stereocenters. The zero-order valence-electron chi connectivity index (χ0n) is 14.9. The number of hydrogen-bond acceptors (Lipinski definition) is 6. The number of benzene rings is 2. The zero-order chi connectivity index (χ0) is 19.2. The van der Waals surface area contributed by atoms with Crippen LogP contribution in [0.3, 0.4) is 0 Å². The molecule has 0 aliphatic heterocycles. The summed E-state index contributed by atoms with van der Waals surface area (Å²) in [6.07, 6.45) is 0. The Labute approximate surface area is 156 Å². The van der Waals surface area contributed by atoms with Crippen molar-refractivity contribution >= 4 is 23.1 Å². The maximum Gasteiger partial charge on any atom is 0.274 e. The minimum absolute atomic E-state index is 0.226. The molecule has 0 spiro atoms. The Hall–Kier alpha value is -3.92. The molecular formula is C20H17N5O2. The largest absolute Gasteiger partial charge is 0.497 e. The van der Waals surface area contributed by atoms with E-state index in [1.165, 1.54) is 0 Å². The molecular weight excluding hydrogens is 342 g/mol. The van der Waals surface area contributed by atoms with Gasteiger partial charge in [0.2, 0.25) is 0 Å². The molecule has 2 N–H and O–H groups in total. The Morgan fingerprint density at radius 3 is 2.63 bits per heavy atom. The molecule has 0 saturated carbocycles. The van der Waals surface area contributed by atoms with E-state index in [2.05, 4.69) is 26.7 Å². The predicted octanol–water partition coefficient (Wildman–Crippen LogP) is 3.66. The number of methoxy groups -OCH3 is 1. The number of carbonyl (C=O) groups is 1. The molecule has 1 amide bonds. The third-order valence-electron chi connectivity index (χ3n) is 3.66. The van der Waals surface area contributed by atoms with Crippen molar-refractivity contribution in [2.75, 3.05) is 17.7 Å². The Morgan fingerprint density at radius 2 is 1.85 bits per heavy atom. The Kier molecular flexibility index (Phi) is 5.28. The molecule has 0 saturated heterocycles. The summed E-state index contributed by atoms with van der Waals surface area (Å²) >= 11 is 0. The number of carbonyl (C=O) groups excluding carboxylic acids is 1. The molecule has 7 nitrogen and oxygen atoms in total. The normalized spacial score (nSPS) is 9.96. The van der Waals surface area contributed by atoms with E-state index in [9.17, 15) is 4.79 Å². The summed E-state index contributed by atoms with van der Waals surface area (Å²) in [6, 6.07) is 17.7. The highest BCUT2D eigenvalue weighted by atomic mass is 16.5. The average molecular weight is 359 g/mol. The van der Waals surface area contributed by atoms with Gasteiger partial charge < -0.3 is 15.4 Å². The van der Waals surface area contributed by atoms with E-state index in [1.54, 1.807) is 62.6 Å². The van der Waals surface area contributed by atoms with Crippen LogP contribution < -0.4 is 15.4 Å². The molecule has 134 valence electrons. The van der Waals surface area contributed by atoms with E-state index < -0.39 is 0 Å². The van der Waals surface area contributed by atoms with Crippen LogP contribution in [-0.4, -0.2) is 23.0 Å². The van der Waals surface area contributed by atoms with E-state index in [4.69, 9.17) is 10.00 Å². The van der Waals surface area contributed by atoms with E-state index in [0.29, 0.717) is 34.3 Å². The number of amides is 1. The molecule has 3 aromatic rings. The van der Waals surface area contributed by atoms with Crippen LogP contribution >= 0.6 is 0 Å². The number of anilines is 3. The molecule has 3 rings (SSSR count). The number of hydrogen-bond donors (Lipinski definition) is 2. The third kappa shape index (κ3) is 4.58. The number of nitrogens with one attached hydrogen (secondary N) is 2. The number of ether oxygens (including phenoxy) is 1. The number of nitriles is 1. The van der Waals surface area contributed by atoms with Crippen LogP contribution in [0.5, 0.6) is 5.75 Å². The third-order valence-corrected chi connectivity index (χ3v) is 3.66. The van der Waals surface area contributed by atoms with E-state index >= 15 is 0 Å². The second-order valence-corrected chi connectivity index (χ2v) is 5.69. The fraction of sp³-hybridized carbons (Fsp3) is 0.100. The molecule has 7 heteroatoms. The lowest BCUT2D eigenvalue weighted by molar-refractivity contribution is 0.102. The molecule has 0 fully saturated rings. The van der Waals surface area contributed by atoms with Gasteiger partial charge in [-0.2, -0.15) is 5.26 Å². The van der Waals surface area contributed by atoms with Crippen LogP contribution in [0.4, 0.5) is 17.2 Å². The van der Waals surface area contributed by atoms with E-state index in [0.717, 1.165) is 0 Å². The topological polar surface area (TPSA) is 99.9 Å². The SMILES string of the molecule is COc1cccc(NC(=O)c2cc(Nc3cccc(C#N)c3)nc(C)n2)c1. The molecule has 27 heavy (non-hydrogen) atoms. The van der Waals surface area contributed by atoms with Crippen molar-refractivity contribution in [2.45, 2.75) is 6.92 Å². The van der Waals surface area contributed by atoms with Crippen molar-refractivity contribution in [3.63, 3.8) is 0 Å². The van der Waals surface area contributed by atoms with Gasteiger partial charge in [-0.15, -0.1) is 0 Å². The predicted molar refractivity (Wildman–Crippen MR) is 102 cm³/mol. The summed E-state index contributed by atoms with van der Waals surface area (Å²) in [6.45, 7) is 1.71. The molecule has 2 aromatic carbocycles. The van der Waals surface area contributed by atoms with Crippen molar-refractivity contribution in [2.24, 2.45) is 0 Å². The molecule has 0 radical (unpaired) electrons. The van der Waals surface area contributed by atoms with Gasteiger partial charge in [-0.3, -0.25) is 4.79 Å². The zero-order valence-corrected chi connectivity index (χ0v) is 14.9.